The molecule has 1 saturated heterocycles. The van der Waals surface area contributed by atoms with Crippen LogP contribution in [0.15, 0.2) is 0 Å². The molecular formula is C6H14N2O2. The van der Waals surface area contributed by atoms with Crippen molar-refractivity contribution in [2.24, 2.45) is 0 Å². The Kier molecular flexibility index (Phi) is 1.72. The fraction of sp³-hybridized carbons (Fsp3) is 1.00. The summed E-state index contributed by atoms with van der Waals surface area (Å²) in [6.45, 7) is 2.15. The van der Waals surface area contributed by atoms with Gasteiger partial charge in [0.1, 0.15) is 6.23 Å². The van der Waals surface area contributed by atoms with Crippen LogP contribution in [0.4, 0.5) is 0 Å². The van der Waals surface area contributed by atoms with E-state index >= 15 is 0 Å². The zero-order valence-corrected chi connectivity index (χ0v) is 6.57. The first kappa shape index (κ1) is 7.94. The Morgan fingerprint density at radius 3 is 2.10 bits per heavy atom. The third-order valence-electron chi connectivity index (χ3n) is 2.28. The topological polar surface area (TPSA) is 46.9 Å². The normalized spacial score (nSPS) is 44.7. The van der Waals surface area contributed by atoms with Gasteiger partial charge >= 0.3 is 0 Å². The first-order chi connectivity index (χ1) is 4.46. The second kappa shape index (κ2) is 2.17. The minimum Gasteiger partial charge on any atom is -0.377 e. The van der Waals surface area contributed by atoms with Crippen LogP contribution in [-0.2, 0) is 0 Å². The number of hydrogen-bond acceptors (Lipinski definition) is 4. The predicted octanol–water partition coefficient (Wildman–Crippen LogP) is -1.15. The molecule has 0 aromatic heterocycles. The quantitative estimate of drug-likeness (QED) is 0.453. The minimum atomic E-state index is -1.00. The number of β-amino-alcohol motifs (C(OH)–C–C–N with tert-alkyl or cyclic N) is 1. The second-order valence-electron chi connectivity index (χ2n) is 2.94. The summed E-state index contributed by atoms with van der Waals surface area (Å²) in [4.78, 5) is 3.21. The van der Waals surface area contributed by atoms with Crippen LogP contribution in [0.25, 0.3) is 0 Å². The molecule has 0 saturated carbocycles. The molecule has 2 atom stereocenters. The van der Waals surface area contributed by atoms with Crippen LogP contribution in [0, 0.1) is 0 Å². The van der Waals surface area contributed by atoms with Gasteiger partial charge in [-0.3, -0.25) is 4.90 Å². The summed E-state index contributed by atoms with van der Waals surface area (Å²) in [5.41, 5.74) is 0. The summed E-state index contributed by atoms with van der Waals surface area (Å²) in [6.07, 6.45) is -0.556. The van der Waals surface area contributed by atoms with Crippen LogP contribution < -0.4 is 0 Å². The third kappa shape index (κ3) is 0.932. The van der Waals surface area contributed by atoms with Gasteiger partial charge in [0.25, 0.3) is 0 Å². The molecule has 0 aromatic rings. The number of hydrogen-bond donors (Lipinski definition) is 2. The molecular weight excluding hydrogens is 132 g/mol. The second-order valence-corrected chi connectivity index (χ2v) is 2.94. The molecule has 1 fully saturated rings. The van der Waals surface area contributed by atoms with Crippen molar-refractivity contribution in [2.45, 2.75) is 19.0 Å². The molecule has 0 aromatic carbocycles. The van der Waals surface area contributed by atoms with Crippen molar-refractivity contribution in [1.82, 2.24) is 9.80 Å². The predicted molar refractivity (Wildman–Crippen MR) is 37.0 cm³/mol. The lowest BCUT2D eigenvalue weighted by atomic mass is 10.4. The molecule has 1 rings (SSSR count). The van der Waals surface area contributed by atoms with Crippen molar-refractivity contribution >= 4 is 0 Å². The number of likely N-dealkylation sites (N-methyl/N-ethyl adjacent to an activating group) is 2. The average Bonchev–Trinajstić information content (AvgIpc) is 1.97. The van der Waals surface area contributed by atoms with E-state index in [4.69, 9.17) is 0 Å². The van der Waals surface area contributed by atoms with E-state index in [0.29, 0.717) is 6.54 Å². The van der Waals surface area contributed by atoms with Gasteiger partial charge in [-0.2, -0.15) is 0 Å². The lowest BCUT2D eigenvalue weighted by Gasteiger charge is -2.31. The van der Waals surface area contributed by atoms with E-state index in [-0.39, 0.29) is 0 Å². The number of aliphatic hydroxyl groups excluding tert-OH is 1. The molecule has 4 heteroatoms. The van der Waals surface area contributed by atoms with Crippen molar-refractivity contribution in [3.8, 4) is 0 Å². The van der Waals surface area contributed by atoms with E-state index in [2.05, 4.69) is 0 Å². The number of nitrogens with zero attached hydrogens (tertiary/aromatic N) is 2. The molecule has 1 heterocycles. The van der Waals surface area contributed by atoms with Gasteiger partial charge in [0.2, 0.25) is 0 Å². The van der Waals surface area contributed by atoms with Crippen LogP contribution in [0.3, 0.4) is 0 Å². The number of aliphatic hydroxyl groups is 2. The largest absolute Gasteiger partial charge is 0.377 e. The molecule has 2 unspecified atom stereocenters. The maximum absolute atomic E-state index is 9.59. The average molecular weight is 146 g/mol. The highest BCUT2D eigenvalue weighted by Gasteiger charge is 2.42. The Morgan fingerprint density at radius 1 is 1.50 bits per heavy atom. The smallest absolute Gasteiger partial charge is 0.175 e. The molecule has 60 valence electrons. The van der Waals surface area contributed by atoms with E-state index in [1.54, 1.807) is 25.9 Å². The minimum absolute atomic E-state index is 0.490. The molecule has 0 amide bonds. The first-order valence-electron chi connectivity index (χ1n) is 3.31. The zero-order chi connectivity index (χ0) is 7.94. The van der Waals surface area contributed by atoms with Gasteiger partial charge in [-0.05, 0) is 21.0 Å². The molecule has 0 aliphatic carbocycles. The molecule has 10 heavy (non-hydrogen) atoms. The van der Waals surface area contributed by atoms with Gasteiger partial charge in [0.05, 0.1) is 0 Å². The van der Waals surface area contributed by atoms with Gasteiger partial charge in [0.15, 0.2) is 5.85 Å². The van der Waals surface area contributed by atoms with Gasteiger partial charge in [-0.25, -0.2) is 4.90 Å². The zero-order valence-electron chi connectivity index (χ0n) is 6.57. The van der Waals surface area contributed by atoms with E-state index in [0.717, 1.165) is 0 Å². The number of rotatable bonds is 0. The summed E-state index contributed by atoms with van der Waals surface area (Å²) >= 11 is 0. The molecule has 4 nitrogen and oxygen atoms in total. The monoisotopic (exact) mass is 146 g/mol. The van der Waals surface area contributed by atoms with Gasteiger partial charge in [-0.1, -0.05) is 0 Å². The van der Waals surface area contributed by atoms with E-state index in [1.165, 1.54) is 4.90 Å². The Labute approximate surface area is 60.7 Å². The summed E-state index contributed by atoms with van der Waals surface area (Å²) < 4.78 is 0. The van der Waals surface area contributed by atoms with Crippen molar-refractivity contribution in [3.05, 3.63) is 0 Å². The lowest BCUT2D eigenvalue weighted by molar-refractivity contribution is -0.160. The molecule has 0 radical (unpaired) electrons. The Balaban J connectivity index is 2.75. The fourth-order valence-corrected chi connectivity index (χ4v) is 1.09. The van der Waals surface area contributed by atoms with Gasteiger partial charge in [-0.15, -0.1) is 0 Å². The van der Waals surface area contributed by atoms with Crippen molar-refractivity contribution in [1.29, 1.82) is 0 Å². The molecule has 1 aliphatic rings. The Hall–Kier alpha value is -0.160. The molecule has 0 bridgehead atoms. The van der Waals surface area contributed by atoms with E-state index in [9.17, 15) is 10.2 Å². The van der Waals surface area contributed by atoms with E-state index < -0.39 is 12.1 Å². The van der Waals surface area contributed by atoms with Gasteiger partial charge in [0, 0.05) is 6.54 Å². The Morgan fingerprint density at radius 2 is 2.00 bits per heavy atom. The third-order valence-corrected chi connectivity index (χ3v) is 2.28. The maximum Gasteiger partial charge on any atom is 0.175 e. The highest BCUT2D eigenvalue weighted by atomic mass is 16.4. The van der Waals surface area contributed by atoms with Crippen LogP contribution in [-0.4, -0.2) is 52.7 Å². The Bertz CT molecular complexity index is 138. The fourth-order valence-electron chi connectivity index (χ4n) is 1.09. The summed E-state index contributed by atoms with van der Waals surface area (Å²) in [5, 5.41) is 18.8. The SMILES string of the molecule is CN1CC(O)N(C)C1(C)O. The summed E-state index contributed by atoms with van der Waals surface area (Å²) in [5.74, 6) is -1.00. The van der Waals surface area contributed by atoms with Crippen LogP contribution in [0.5, 0.6) is 0 Å². The van der Waals surface area contributed by atoms with Crippen molar-refractivity contribution < 1.29 is 10.2 Å². The molecule has 1 aliphatic heterocycles. The van der Waals surface area contributed by atoms with Gasteiger partial charge < -0.3 is 10.2 Å². The maximum atomic E-state index is 9.59. The molecule has 0 spiro atoms. The van der Waals surface area contributed by atoms with Crippen LogP contribution in [0.2, 0.25) is 0 Å². The highest BCUT2D eigenvalue weighted by molar-refractivity contribution is 4.82. The van der Waals surface area contributed by atoms with Crippen LogP contribution >= 0.6 is 0 Å². The standard InChI is InChI=1S/C6H14N2O2/c1-6(10)7(2)4-5(9)8(6)3/h5,9-10H,4H2,1-3H3. The van der Waals surface area contributed by atoms with Crippen LogP contribution in [0.1, 0.15) is 6.92 Å². The van der Waals surface area contributed by atoms with Crippen molar-refractivity contribution in [2.75, 3.05) is 20.6 Å². The summed E-state index contributed by atoms with van der Waals surface area (Å²) in [6, 6.07) is 0. The first-order valence-corrected chi connectivity index (χ1v) is 3.31. The molecule has 2 N–H and O–H groups in total. The summed E-state index contributed by atoms with van der Waals surface area (Å²) in [7, 11) is 3.46. The van der Waals surface area contributed by atoms with E-state index in [1.807, 2.05) is 0 Å². The lowest BCUT2D eigenvalue weighted by Crippen LogP contribution is -2.48. The highest BCUT2D eigenvalue weighted by Crippen LogP contribution is 2.22. The van der Waals surface area contributed by atoms with Crippen molar-refractivity contribution in [3.63, 3.8) is 0 Å².